The molecular weight excluding hydrogens is 236 g/mol. The predicted octanol–water partition coefficient (Wildman–Crippen LogP) is -0.338. The molecule has 1 aliphatic rings. The second-order valence-corrected chi connectivity index (χ2v) is 3.96. The third-order valence-corrected chi connectivity index (χ3v) is 2.82. The van der Waals surface area contributed by atoms with E-state index < -0.39 is 5.97 Å². The molecule has 1 aromatic rings. The second-order valence-electron chi connectivity index (χ2n) is 3.96. The fourth-order valence-electron chi connectivity index (χ4n) is 1.87. The molecular formula is C11H16N4O3. The quantitative estimate of drug-likeness (QED) is 0.709. The minimum absolute atomic E-state index is 0.0774. The van der Waals surface area contributed by atoms with Crippen molar-refractivity contribution in [3.8, 4) is 0 Å². The third-order valence-electron chi connectivity index (χ3n) is 2.82. The van der Waals surface area contributed by atoms with Crippen LogP contribution in [0.15, 0.2) is 12.4 Å². The summed E-state index contributed by atoms with van der Waals surface area (Å²) in [6.45, 7) is 1.57. The fourth-order valence-corrected chi connectivity index (χ4v) is 1.87. The smallest absolute Gasteiger partial charge is 0.358 e. The molecule has 0 spiro atoms. The minimum Gasteiger partial charge on any atom is -0.464 e. The Balaban J connectivity index is 2.07. The first kappa shape index (κ1) is 12.7. The molecule has 0 amide bonds. The maximum atomic E-state index is 11.3. The number of ether oxygens (including phenoxy) is 2. The number of hydrogen-bond donors (Lipinski definition) is 2. The minimum atomic E-state index is -0.501. The van der Waals surface area contributed by atoms with Crippen LogP contribution in [0.3, 0.4) is 0 Å². The summed E-state index contributed by atoms with van der Waals surface area (Å²) >= 11 is 0. The summed E-state index contributed by atoms with van der Waals surface area (Å²) in [5, 5.41) is 6.41. The van der Waals surface area contributed by atoms with Crippen molar-refractivity contribution in [2.75, 3.05) is 32.6 Å². The van der Waals surface area contributed by atoms with Gasteiger partial charge in [-0.25, -0.2) is 9.78 Å². The summed E-state index contributed by atoms with van der Waals surface area (Å²) in [4.78, 5) is 19.4. The number of nitrogens with one attached hydrogen (secondary N) is 2. The lowest BCUT2D eigenvalue weighted by molar-refractivity contribution is 0.0593. The monoisotopic (exact) mass is 252 g/mol. The summed E-state index contributed by atoms with van der Waals surface area (Å²) in [6.07, 6.45) is 3.02. The Kier molecular flexibility index (Phi) is 4.06. The van der Waals surface area contributed by atoms with E-state index in [4.69, 9.17) is 4.74 Å². The van der Waals surface area contributed by atoms with Gasteiger partial charge in [0.05, 0.1) is 31.6 Å². The van der Waals surface area contributed by atoms with Crippen LogP contribution in [0.25, 0.3) is 0 Å². The van der Waals surface area contributed by atoms with E-state index in [1.165, 1.54) is 13.3 Å². The molecule has 18 heavy (non-hydrogen) atoms. The van der Waals surface area contributed by atoms with Crippen molar-refractivity contribution in [3.63, 3.8) is 0 Å². The first-order valence-corrected chi connectivity index (χ1v) is 5.65. The molecule has 7 nitrogen and oxygen atoms in total. The molecule has 0 aromatic carbocycles. The van der Waals surface area contributed by atoms with Crippen LogP contribution in [0, 0.1) is 0 Å². The van der Waals surface area contributed by atoms with E-state index in [-0.39, 0.29) is 17.8 Å². The summed E-state index contributed by atoms with van der Waals surface area (Å²) in [5.74, 6) is 0.0349. The zero-order chi connectivity index (χ0) is 13.0. The maximum Gasteiger partial charge on any atom is 0.358 e. The van der Waals surface area contributed by atoms with Gasteiger partial charge >= 0.3 is 5.97 Å². The number of rotatable bonds is 4. The molecule has 2 heterocycles. The van der Waals surface area contributed by atoms with E-state index in [0.29, 0.717) is 5.82 Å². The molecule has 1 fully saturated rings. The topological polar surface area (TPSA) is 85.4 Å². The van der Waals surface area contributed by atoms with E-state index in [2.05, 4.69) is 25.3 Å². The van der Waals surface area contributed by atoms with Crippen molar-refractivity contribution in [3.05, 3.63) is 18.1 Å². The highest BCUT2D eigenvalue weighted by atomic mass is 16.5. The molecule has 1 aromatic heterocycles. The normalized spacial score (nSPS) is 22.8. The van der Waals surface area contributed by atoms with Crippen LogP contribution < -0.4 is 10.6 Å². The number of esters is 1. The molecule has 1 aliphatic heterocycles. The van der Waals surface area contributed by atoms with Gasteiger partial charge in [0, 0.05) is 20.2 Å². The van der Waals surface area contributed by atoms with Crippen molar-refractivity contribution in [2.24, 2.45) is 0 Å². The molecule has 0 aliphatic carbocycles. The third kappa shape index (κ3) is 2.74. The summed E-state index contributed by atoms with van der Waals surface area (Å²) in [7, 11) is 2.98. The number of methoxy groups -OCH3 is 2. The van der Waals surface area contributed by atoms with Gasteiger partial charge in [-0.05, 0) is 0 Å². The van der Waals surface area contributed by atoms with Gasteiger partial charge < -0.3 is 20.1 Å². The lowest BCUT2D eigenvalue weighted by atomic mass is 10.2. The van der Waals surface area contributed by atoms with E-state index >= 15 is 0 Å². The standard InChI is InChI=1S/C11H16N4O3/c1-17-9-5-12-3-7(9)14-10-6-13-4-8(15-10)11(16)18-2/h4,6-7,9,12H,3,5H2,1-2H3,(H,14,15)/t7?,9-/m0/s1. The molecule has 1 saturated heterocycles. The average Bonchev–Trinajstić information content (AvgIpc) is 2.85. The van der Waals surface area contributed by atoms with E-state index in [1.54, 1.807) is 13.3 Å². The van der Waals surface area contributed by atoms with Gasteiger partial charge in [-0.15, -0.1) is 0 Å². The molecule has 0 radical (unpaired) electrons. The van der Waals surface area contributed by atoms with Crippen molar-refractivity contribution >= 4 is 11.8 Å². The number of carbonyl (C=O) groups excluding carboxylic acids is 1. The number of aromatic nitrogens is 2. The van der Waals surface area contributed by atoms with Gasteiger partial charge in [0.1, 0.15) is 5.82 Å². The first-order chi connectivity index (χ1) is 8.74. The average molecular weight is 252 g/mol. The molecule has 1 unspecified atom stereocenters. The van der Waals surface area contributed by atoms with E-state index in [1.807, 2.05) is 0 Å². The lowest BCUT2D eigenvalue weighted by Crippen LogP contribution is -2.34. The molecule has 7 heteroatoms. The Morgan fingerprint density at radius 3 is 3.00 bits per heavy atom. The molecule has 2 atom stereocenters. The van der Waals surface area contributed by atoms with Crippen molar-refractivity contribution in [1.82, 2.24) is 15.3 Å². The Labute approximate surface area is 105 Å². The van der Waals surface area contributed by atoms with Crippen LogP contribution in [0.2, 0.25) is 0 Å². The first-order valence-electron chi connectivity index (χ1n) is 5.65. The Morgan fingerprint density at radius 1 is 1.44 bits per heavy atom. The van der Waals surface area contributed by atoms with Gasteiger partial charge in [0.15, 0.2) is 5.69 Å². The number of carbonyl (C=O) groups is 1. The van der Waals surface area contributed by atoms with Crippen LogP contribution in [0.1, 0.15) is 10.5 Å². The molecule has 0 bridgehead atoms. The lowest BCUT2D eigenvalue weighted by Gasteiger charge is -2.18. The van der Waals surface area contributed by atoms with Crippen LogP contribution in [0.5, 0.6) is 0 Å². The Hall–Kier alpha value is -1.73. The molecule has 98 valence electrons. The SMILES string of the molecule is COC(=O)c1cncc(NC2CNC[C@@H]2OC)n1. The fraction of sp³-hybridized carbons (Fsp3) is 0.545. The van der Waals surface area contributed by atoms with Crippen LogP contribution >= 0.6 is 0 Å². The molecule has 0 saturated carbocycles. The highest BCUT2D eigenvalue weighted by Crippen LogP contribution is 2.11. The van der Waals surface area contributed by atoms with Gasteiger partial charge in [0.25, 0.3) is 0 Å². The van der Waals surface area contributed by atoms with Gasteiger partial charge in [-0.3, -0.25) is 4.98 Å². The van der Waals surface area contributed by atoms with E-state index in [0.717, 1.165) is 13.1 Å². The van der Waals surface area contributed by atoms with Crippen LogP contribution in [-0.4, -0.2) is 55.4 Å². The largest absolute Gasteiger partial charge is 0.464 e. The summed E-state index contributed by atoms with van der Waals surface area (Å²) < 4.78 is 9.93. The zero-order valence-corrected chi connectivity index (χ0v) is 10.3. The summed E-state index contributed by atoms with van der Waals surface area (Å²) in [5.41, 5.74) is 0.183. The molecule has 2 N–H and O–H groups in total. The van der Waals surface area contributed by atoms with Crippen molar-refractivity contribution in [2.45, 2.75) is 12.1 Å². The van der Waals surface area contributed by atoms with Crippen molar-refractivity contribution < 1.29 is 14.3 Å². The zero-order valence-electron chi connectivity index (χ0n) is 10.3. The number of nitrogens with zero attached hydrogens (tertiary/aromatic N) is 2. The predicted molar refractivity (Wildman–Crippen MR) is 64.4 cm³/mol. The van der Waals surface area contributed by atoms with Crippen LogP contribution in [-0.2, 0) is 9.47 Å². The maximum absolute atomic E-state index is 11.3. The van der Waals surface area contributed by atoms with E-state index in [9.17, 15) is 4.79 Å². The second kappa shape index (κ2) is 5.74. The van der Waals surface area contributed by atoms with Gasteiger partial charge in [-0.1, -0.05) is 0 Å². The Morgan fingerprint density at radius 2 is 2.28 bits per heavy atom. The van der Waals surface area contributed by atoms with Gasteiger partial charge in [0.2, 0.25) is 0 Å². The summed E-state index contributed by atoms with van der Waals surface area (Å²) in [6, 6.07) is 0.109. The highest BCUT2D eigenvalue weighted by Gasteiger charge is 2.27. The van der Waals surface area contributed by atoms with Crippen molar-refractivity contribution in [1.29, 1.82) is 0 Å². The van der Waals surface area contributed by atoms with Crippen LogP contribution in [0.4, 0.5) is 5.82 Å². The molecule has 2 rings (SSSR count). The number of hydrogen-bond acceptors (Lipinski definition) is 7. The van der Waals surface area contributed by atoms with Gasteiger partial charge in [-0.2, -0.15) is 0 Å². The Bertz CT molecular complexity index is 427. The number of anilines is 1. The highest BCUT2D eigenvalue weighted by molar-refractivity contribution is 5.87.